The van der Waals surface area contributed by atoms with E-state index in [2.05, 4.69) is 15.5 Å². The Kier molecular flexibility index (Phi) is 2.24. The summed E-state index contributed by atoms with van der Waals surface area (Å²) in [6, 6.07) is 6.33. The molecule has 78 valence electrons. The van der Waals surface area contributed by atoms with Crippen molar-refractivity contribution in [1.29, 1.82) is 0 Å². The number of benzene rings is 1. The molecule has 0 fully saturated rings. The summed E-state index contributed by atoms with van der Waals surface area (Å²) in [4.78, 5) is 0.277. The molecule has 1 heterocycles. The third-order valence-corrected chi connectivity index (χ3v) is 3.01. The summed E-state index contributed by atoms with van der Waals surface area (Å²) in [6.07, 6.45) is 2.61. The van der Waals surface area contributed by atoms with Gasteiger partial charge in [-0.05, 0) is 34.7 Å². The zero-order chi connectivity index (χ0) is 10.9. The summed E-state index contributed by atoms with van der Waals surface area (Å²) in [5, 5.41) is 10.7. The lowest BCUT2D eigenvalue weighted by molar-refractivity contribution is 0.602. The van der Waals surface area contributed by atoms with E-state index < -0.39 is 9.84 Å². The first-order chi connectivity index (χ1) is 7.07. The SMILES string of the molecule is CS(=O)(=O)c1ccc(-n2cnnn2)cc1. The normalized spacial score (nSPS) is 11.5. The Morgan fingerprint density at radius 3 is 2.33 bits per heavy atom. The summed E-state index contributed by atoms with van der Waals surface area (Å²) in [5.41, 5.74) is 0.715. The van der Waals surface area contributed by atoms with Crippen molar-refractivity contribution >= 4 is 9.84 Å². The van der Waals surface area contributed by atoms with E-state index >= 15 is 0 Å². The molecule has 0 saturated heterocycles. The van der Waals surface area contributed by atoms with Crippen LogP contribution >= 0.6 is 0 Å². The van der Waals surface area contributed by atoms with Gasteiger partial charge in [-0.1, -0.05) is 0 Å². The van der Waals surface area contributed by atoms with Crippen LogP contribution < -0.4 is 0 Å². The van der Waals surface area contributed by atoms with Crippen molar-refractivity contribution in [3.8, 4) is 5.69 Å². The summed E-state index contributed by atoms with van der Waals surface area (Å²) in [5.74, 6) is 0. The Morgan fingerprint density at radius 1 is 1.20 bits per heavy atom. The van der Waals surface area contributed by atoms with E-state index in [0.29, 0.717) is 5.69 Å². The Labute approximate surface area is 86.5 Å². The first kappa shape index (κ1) is 9.78. The number of nitrogens with zero attached hydrogens (tertiary/aromatic N) is 4. The lowest BCUT2D eigenvalue weighted by Crippen LogP contribution is -1.99. The molecule has 7 heteroatoms. The van der Waals surface area contributed by atoms with Gasteiger partial charge in [0.2, 0.25) is 0 Å². The first-order valence-electron chi connectivity index (χ1n) is 4.11. The van der Waals surface area contributed by atoms with Crippen molar-refractivity contribution in [2.24, 2.45) is 0 Å². The van der Waals surface area contributed by atoms with E-state index in [4.69, 9.17) is 0 Å². The average Bonchev–Trinajstić information content (AvgIpc) is 2.69. The largest absolute Gasteiger partial charge is 0.224 e. The number of sulfone groups is 1. The van der Waals surface area contributed by atoms with E-state index in [0.717, 1.165) is 0 Å². The molecule has 0 atom stereocenters. The van der Waals surface area contributed by atoms with Crippen molar-refractivity contribution in [3.63, 3.8) is 0 Å². The maximum atomic E-state index is 11.2. The molecule has 0 unspecified atom stereocenters. The van der Waals surface area contributed by atoms with Crippen LogP contribution in [0.2, 0.25) is 0 Å². The van der Waals surface area contributed by atoms with E-state index in [1.165, 1.54) is 29.4 Å². The van der Waals surface area contributed by atoms with Gasteiger partial charge in [0.25, 0.3) is 0 Å². The molecule has 0 bridgehead atoms. The van der Waals surface area contributed by atoms with Crippen LogP contribution in [-0.4, -0.2) is 34.9 Å². The van der Waals surface area contributed by atoms with Crippen molar-refractivity contribution in [1.82, 2.24) is 20.2 Å². The van der Waals surface area contributed by atoms with Crippen LogP contribution in [0.5, 0.6) is 0 Å². The van der Waals surface area contributed by atoms with Crippen LogP contribution in [0.15, 0.2) is 35.5 Å². The van der Waals surface area contributed by atoms with Gasteiger partial charge in [-0.25, -0.2) is 13.1 Å². The second kappa shape index (κ2) is 3.43. The van der Waals surface area contributed by atoms with Crippen molar-refractivity contribution in [2.75, 3.05) is 6.26 Å². The van der Waals surface area contributed by atoms with Gasteiger partial charge in [0.1, 0.15) is 6.33 Å². The molecule has 6 nitrogen and oxygen atoms in total. The van der Waals surface area contributed by atoms with E-state index in [1.807, 2.05) is 0 Å². The van der Waals surface area contributed by atoms with Crippen LogP contribution in [-0.2, 0) is 9.84 Å². The molecule has 0 aliphatic rings. The van der Waals surface area contributed by atoms with Gasteiger partial charge >= 0.3 is 0 Å². The van der Waals surface area contributed by atoms with Crippen LogP contribution in [0.1, 0.15) is 0 Å². The predicted octanol–water partition coefficient (Wildman–Crippen LogP) is 0.0658. The second-order valence-electron chi connectivity index (χ2n) is 3.02. The third kappa shape index (κ3) is 2.01. The maximum Gasteiger partial charge on any atom is 0.175 e. The molecule has 0 aliphatic heterocycles. The average molecular weight is 224 g/mol. The Hall–Kier alpha value is -1.76. The van der Waals surface area contributed by atoms with Crippen molar-refractivity contribution < 1.29 is 8.42 Å². The summed E-state index contributed by atoms with van der Waals surface area (Å²) in [6.45, 7) is 0. The first-order valence-corrected chi connectivity index (χ1v) is 6.00. The van der Waals surface area contributed by atoms with Crippen molar-refractivity contribution in [2.45, 2.75) is 4.90 Å². The highest BCUT2D eigenvalue weighted by molar-refractivity contribution is 7.90. The van der Waals surface area contributed by atoms with Crippen LogP contribution in [0.3, 0.4) is 0 Å². The molecule has 15 heavy (non-hydrogen) atoms. The van der Waals surface area contributed by atoms with E-state index in [-0.39, 0.29) is 4.90 Å². The highest BCUT2D eigenvalue weighted by Gasteiger charge is 2.06. The molecule has 0 amide bonds. The molecular formula is C8H8N4O2S. The molecule has 0 aliphatic carbocycles. The van der Waals surface area contributed by atoms with E-state index in [1.54, 1.807) is 12.1 Å². The van der Waals surface area contributed by atoms with Gasteiger partial charge in [0, 0.05) is 6.26 Å². The summed E-state index contributed by atoms with van der Waals surface area (Å²) < 4.78 is 23.8. The highest BCUT2D eigenvalue weighted by atomic mass is 32.2. The minimum Gasteiger partial charge on any atom is -0.224 e. The fourth-order valence-corrected chi connectivity index (χ4v) is 1.76. The lowest BCUT2D eigenvalue weighted by Gasteiger charge is -2.00. The zero-order valence-corrected chi connectivity index (χ0v) is 8.72. The van der Waals surface area contributed by atoms with Gasteiger partial charge in [-0.3, -0.25) is 0 Å². The van der Waals surface area contributed by atoms with Gasteiger partial charge in [0.15, 0.2) is 9.84 Å². The standard InChI is InChI=1S/C8H8N4O2S/c1-15(13,14)8-4-2-7(3-5-8)12-6-9-10-11-12/h2-6H,1H3. The van der Waals surface area contributed by atoms with Crippen LogP contribution in [0, 0.1) is 0 Å². The number of aromatic nitrogens is 4. The Bertz CT molecular complexity index is 545. The number of tetrazole rings is 1. The quantitative estimate of drug-likeness (QED) is 0.721. The maximum absolute atomic E-state index is 11.2. The monoisotopic (exact) mass is 224 g/mol. The fourth-order valence-electron chi connectivity index (χ4n) is 1.13. The lowest BCUT2D eigenvalue weighted by atomic mass is 10.3. The molecule has 2 rings (SSSR count). The zero-order valence-electron chi connectivity index (χ0n) is 7.90. The highest BCUT2D eigenvalue weighted by Crippen LogP contribution is 2.11. The van der Waals surface area contributed by atoms with Crippen LogP contribution in [0.25, 0.3) is 5.69 Å². The second-order valence-corrected chi connectivity index (χ2v) is 5.04. The van der Waals surface area contributed by atoms with Gasteiger partial charge in [0.05, 0.1) is 10.6 Å². The summed E-state index contributed by atoms with van der Waals surface area (Å²) >= 11 is 0. The minimum atomic E-state index is -3.15. The van der Waals surface area contributed by atoms with E-state index in [9.17, 15) is 8.42 Å². The Balaban J connectivity index is 2.42. The fraction of sp³-hybridized carbons (Fsp3) is 0.125. The smallest absolute Gasteiger partial charge is 0.175 e. The van der Waals surface area contributed by atoms with Gasteiger partial charge in [-0.2, -0.15) is 0 Å². The molecule has 0 spiro atoms. The molecular weight excluding hydrogens is 216 g/mol. The Morgan fingerprint density at radius 2 is 1.87 bits per heavy atom. The number of hydrogen-bond acceptors (Lipinski definition) is 5. The molecule has 0 radical (unpaired) electrons. The summed E-state index contributed by atoms with van der Waals surface area (Å²) in [7, 11) is -3.15. The molecule has 0 saturated carbocycles. The topological polar surface area (TPSA) is 77.7 Å². The third-order valence-electron chi connectivity index (χ3n) is 1.88. The van der Waals surface area contributed by atoms with Crippen molar-refractivity contribution in [3.05, 3.63) is 30.6 Å². The number of hydrogen-bond donors (Lipinski definition) is 0. The minimum absolute atomic E-state index is 0.277. The van der Waals surface area contributed by atoms with Crippen LogP contribution in [0.4, 0.5) is 0 Å². The predicted molar refractivity (Wildman–Crippen MR) is 52.3 cm³/mol. The molecule has 2 aromatic rings. The molecule has 1 aromatic heterocycles. The van der Waals surface area contributed by atoms with Gasteiger partial charge in [-0.15, -0.1) is 5.10 Å². The molecule has 0 N–H and O–H groups in total. The molecule has 1 aromatic carbocycles. The number of rotatable bonds is 2. The van der Waals surface area contributed by atoms with Gasteiger partial charge < -0.3 is 0 Å².